The average molecular weight is 483 g/mol. The summed E-state index contributed by atoms with van der Waals surface area (Å²) in [5.74, 6) is -0.597. The van der Waals surface area contributed by atoms with E-state index in [9.17, 15) is 14.4 Å². The van der Waals surface area contributed by atoms with Crippen molar-refractivity contribution in [3.05, 3.63) is 54.1 Å². The Hall–Kier alpha value is -3.35. The van der Waals surface area contributed by atoms with Crippen molar-refractivity contribution >= 4 is 29.2 Å². The number of esters is 1. The van der Waals surface area contributed by atoms with E-state index in [-0.39, 0.29) is 11.5 Å². The van der Waals surface area contributed by atoms with Crippen molar-refractivity contribution in [2.75, 3.05) is 24.4 Å². The van der Waals surface area contributed by atoms with Crippen molar-refractivity contribution in [2.24, 2.45) is 0 Å². The van der Waals surface area contributed by atoms with Crippen LogP contribution in [0, 0.1) is 0 Å². The van der Waals surface area contributed by atoms with Gasteiger partial charge in [-0.1, -0.05) is 70.4 Å². The first-order valence-corrected chi connectivity index (χ1v) is 12.5. The van der Waals surface area contributed by atoms with E-state index >= 15 is 0 Å². The lowest BCUT2D eigenvalue weighted by molar-refractivity contribution is -0.119. The minimum absolute atomic E-state index is 0.134. The van der Waals surface area contributed by atoms with Crippen molar-refractivity contribution < 1.29 is 23.9 Å². The summed E-state index contributed by atoms with van der Waals surface area (Å²) in [6, 6.07) is 13.5. The van der Waals surface area contributed by atoms with Crippen molar-refractivity contribution in [2.45, 2.75) is 71.1 Å². The van der Waals surface area contributed by atoms with E-state index in [4.69, 9.17) is 9.47 Å². The van der Waals surface area contributed by atoms with Crippen LogP contribution in [0.1, 0.15) is 81.5 Å². The van der Waals surface area contributed by atoms with Crippen LogP contribution in [-0.4, -0.2) is 31.5 Å². The molecule has 2 rings (SSSR count). The molecule has 2 aromatic carbocycles. The van der Waals surface area contributed by atoms with Crippen LogP contribution < -0.4 is 15.4 Å². The third-order valence-electron chi connectivity index (χ3n) is 5.64. The number of carbonyl (C=O) groups excluding carboxylic acids is 3. The van der Waals surface area contributed by atoms with Gasteiger partial charge in [-0.15, -0.1) is 0 Å². The number of para-hydroxylation sites is 1. The fourth-order valence-corrected chi connectivity index (χ4v) is 3.66. The van der Waals surface area contributed by atoms with Crippen LogP contribution in [0.2, 0.25) is 0 Å². The Balaban J connectivity index is 1.72. The zero-order valence-electron chi connectivity index (χ0n) is 20.9. The molecule has 0 fully saturated rings. The first-order chi connectivity index (χ1) is 17.0. The van der Waals surface area contributed by atoms with Crippen molar-refractivity contribution in [1.82, 2.24) is 0 Å². The molecule has 35 heavy (non-hydrogen) atoms. The Morgan fingerprint density at radius 1 is 0.743 bits per heavy atom. The highest BCUT2D eigenvalue weighted by atomic mass is 16.5. The van der Waals surface area contributed by atoms with E-state index in [1.807, 2.05) is 0 Å². The lowest BCUT2D eigenvalue weighted by atomic mass is 10.1. The number of unbranched alkanes of at least 4 members (excludes halogenated alkanes) is 8. The summed E-state index contributed by atoms with van der Waals surface area (Å²) in [6.45, 7) is 1.78. The molecule has 190 valence electrons. The minimum atomic E-state index is -0.672. The molecule has 0 aliphatic carbocycles. The topological polar surface area (TPSA) is 93.7 Å². The highest BCUT2D eigenvalue weighted by molar-refractivity contribution is 6.02. The number of anilines is 2. The van der Waals surface area contributed by atoms with E-state index in [1.54, 1.807) is 55.6 Å². The van der Waals surface area contributed by atoms with Gasteiger partial charge in [0.2, 0.25) is 5.91 Å². The highest BCUT2D eigenvalue weighted by Crippen LogP contribution is 2.18. The molecular formula is C28H38N2O5. The molecular weight excluding hydrogens is 444 g/mol. The second-order valence-electron chi connectivity index (χ2n) is 8.52. The summed E-state index contributed by atoms with van der Waals surface area (Å²) in [4.78, 5) is 37.1. The van der Waals surface area contributed by atoms with E-state index in [0.717, 1.165) is 19.3 Å². The van der Waals surface area contributed by atoms with Gasteiger partial charge in [0.25, 0.3) is 5.91 Å². The molecule has 0 atom stereocenters. The standard InChI is InChI=1S/C28H38N2O5/c1-3-4-5-6-7-8-9-10-11-16-26(31)30-25-15-13-12-14-24(25)28(33)35-21-27(32)29-22-17-19-23(34-2)20-18-22/h12-15,17-20H,3-11,16,21H2,1-2H3,(H,29,32)(H,30,31). The van der Waals surface area contributed by atoms with Gasteiger partial charge in [-0.3, -0.25) is 9.59 Å². The van der Waals surface area contributed by atoms with Crippen molar-refractivity contribution in [1.29, 1.82) is 0 Å². The Morgan fingerprint density at radius 2 is 1.37 bits per heavy atom. The van der Waals surface area contributed by atoms with Gasteiger partial charge in [-0.05, 0) is 42.8 Å². The molecule has 0 saturated carbocycles. The van der Waals surface area contributed by atoms with Crippen LogP contribution in [0.25, 0.3) is 0 Å². The molecule has 0 aliphatic heterocycles. The fourth-order valence-electron chi connectivity index (χ4n) is 3.66. The number of benzene rings is 2. The summed E-state index contributed by atoms with van der Waals surface area (Å²) in [6.07, 6.45) is 11.0. The maximum Gasteiger partial charge on any atom is 0.340 e. The van der Waals surface area contributed by atoms with Crippen molar-refractivity contribution in [3.63, 3.8) is 0 Å². The molecule has 0 aromatic heterocycles. The first-order valence-electron chi connectivity index (χ1n) is 12.5. The third kappa shape index (κ3) is 11.1. The fraction of sp³-hybridized carbons (Fsp3) is 0.464. The Morgan fingerprint density at radius 3 is 2.03 bits per heavy atom. The number of rotatable bonds is 16. The SMILES string of the molecule is CCCCCCCCCCCC(=O)Nc1ccccc1C(=O)OCC(=O)Nc1ccc(OC)cc1. The van der Waals surface area contributed by atoms with Gasteiger partial charge in [0.05, 0.1) is 18.4 Å². The van der Waals surface area contributed by atoms with E-state index in [0.29, 0.717) is 23.5 Å². The first kappa shape index (κ1) is 27.9. The normalized spacial score (nSPS) is 10.5. The number of methoxy groups -OCH3 is 1. The second kappa shape index (κ2) is 16.3. The van der Waals surface area contributed by atoms with Crippen LogP contribution in [-0.2, 0) is 14.3 Å². The highest BCUT2D eigenvalue weighted by Gasteiger charge is 2.16. The predicted molar refractivity (Wildman–Crippen MR) is 139 cm³/mol. The average Bonchev–Trinajstić information content (AvgIpc) is 2.87. The van der Waals surface area contributed by atoms with E-state index in [1.165, 1.54) is 38.5 Å². The van der Waals surface area contributed by atoms with Gasteiger partial charge >= 0.3 is 5.97 Å². The monoisotopic (exact) mass is 482 g/mol. The Labute approximate surface area is 208 Å². The molecule has 2 aromatic rings. The van der Waals surface area contributed by atoms with Gasteiger partial charge in [0.1, 0.15) is 5.75 Å². The third-order valence-corrected chi connectivity index (χ3v) is 5.64. The summed E-state index contributed by atoms with van der Waals surface area (Å²) in [5.41, 5.74) is 1.16. The van der Waals surface area contributed by atoms with Crippen LogP contribution >= 0.6 is 0 Å². The molecule has 7 heteroatoms. The van der Waals surface area contributed by atoms with Gasteiger partial charge in [-0.2, -0.15) is 0 Å². The van der Waals surface area contributed by atoms with E-state index in [2.05, 4.69) is 17.6 Å². The molecule has 7 nitrogen and oxygen atoms in total. The molecule has 0 radical (unpaired) electrons. The van der Waals surface area contributed by atoms with Crippen molar-refractivity contribution in [3.8, 4) is 5.75 Å². The molecule has 0 spiro atoms. The molecule has 0 bridgehead atoms. The molecule has 0 heterocycles. The molecule has 2 N–H and O–H groups in total. The summed E-state index contributed by atoms with van der Waals surface area (Å²) < 4.78 is 10.2. The number of carbonyl (C=O) groups is 3. The van der Waals surface area contributed by atoms with Crippen LogP contribution in [0.4, 0.5) is 11.4 Å². The largest absolute Gasteiger partial charge is 0.497 e. The Bertz CT molecular complexity index is 927. The van der Waals surface area contributed by atoms with Gasteiger partial charge in [0, 0.05) is 12.1 Å². The van der Waals surface area contributed by atoms with Crippen LogP contribution in [0.15, 0.2) is 48.5 Å². The smallest absolute Gasteiger partial charge is 0.340 e. The number of hydrogen-bond acceptors (Lipinski definition) is 5. The predicted octanol–water partition coefficient (Wildman–Crippen LogP) is 6.35. The maximum atomic E-state index is 12.5. The quantitative estimate of drug-likeness (QED) is 0.215. The lowest BCUT2D eigenvalue weighted by Crippen LogP contribution is -2.22. The number of ether oxygens (including phenoxy) is 2. The minimum Gasteiger partial charge on any atom is -0.497 e. The molecule has 0 aliphatic rings. The number of amides is 2. The summed E-state index contributed by atoms with van der Waals surface area (Å²) >= 11 is 0. The van der Waals surface area contributed by atoms with E-state index < -0.39 is 18.5 Å². The van der Waals surface area contributed by atoms with Crippen LogP contribution in [0.3, 0.4) is 0 Å². The zero-order chi connectivity index (χ0) is 25.3. The number of nitrogens with one attached hydrogen (secondary N) is 2. The Kier molecular flexibility index (Phi) is 13.0. The van der Waals surface area contributed by atoms with Gasteiger partial charge in [-0.25, -0.2) is 4.79 Å². The van der Waals surface area contributed by atoms with Gasteiger partial charge in [0.15, 0.2) is 6.61 Å². The second-order valence-corrected chi connectivity index (χ2v) is 8.52. The van der Waals surface area contributed by atoms with Crippen LogP contribution in [0.5, 0.6) is 5.75 Å². The van der Waals surface area contributed by atoms with Gasteiger partial charge < -0.3 is 20.1 Å². The molecule has 0 saturated heterocycles. The summed E-state index contributed by atoms with van der Waals surface area (Å²) in [7, 11) is 1.56. The summed E-state index contributed by atoms with van der Waals surface area (Å²) in [5, 5.41) is 5.46. The molecule has 2 amide bonds. The number of hydrogen-bond donors (Lipinski definition) is 2. The molecule has 0 unspecified atom stereocenters. The zero-order valence-corrected chi connectivity index (χ0v) is 20.9. The maximum absolute atomic E-state index is 12.5. The lowest BCUT2D eigenvalue weighted by Gasteiger charge is -2.11.